The predicted octanol–water partition coefficient (Wildman–Crippen LogP) is 2.08. The van der Waals surface area contributed by atoms with Crippen LogP contribution in [0.3, 0.4) is 0 Å². The molecule has 1 amide bonds. The van der Waals surface area contributed by atoms with Crippen molar-refractivity contribution in [1.82, 2.24) is 5.32 Å². The highest BCUT2D eigenvalue weighted by atomic mass is 127. The first kappa shape index (κ1) is 15.5. The van der Waals surface area contributed by atoms with Crippen LogP contribution in [-0.2, 0) is 14.3 Å². The van der Waals surface area contributed by atoms with Crippen molar-refractivity contribution in [2.45, 2.75) is 33.3 Å². The van der Waals surface area contributed by atoms with Gasteiger partial charge in [0.05, 0.1) is 5.92 Å². The fourth-order valence-electron chi connectivity index (χ4n) is 0.830. The summed E-state index contributed by atoms with van der Waals surface area (Å²) in [4.78, 5) is 22.5. The van der Waals surface area contributed by atoms with E-state index in [-0.39, 0.29) is 18.4 Å². The summed E-state index contributed by atoms with van der Waals surface area (Å²) < 4.78 is 10.1. The summed E-state index contributed by atoms with van der Waals surface area (Å²) in [6.07, 6.45) is -0.526. The maximum atomic E-state index is 11.3. The number of esters is 1. The molecule has 0 aromatic heterocycles. The number of alkyl carbamates (subject to hydrolysis) is 1. The molecule has 0 aliphatic heterocycles. The maximum absolute atomic E-state index is 11.3. The van der Waals surface area contributed by atoms with Gasteiger partial charge in [0.1, 0.15) is 10.2 Å². The number of carbonyl (C=O) groups excluding carboxylic acids is 2. The maximum Gasteiger partial charge on any atom is 0.407 e. The monoisotopic (exact) mass is 343 g/mol. The highest BCUT2D eigenvalue weighted by molar-refractivity contribution is 14.1. The van der Waals surface area contributed by atoms with Crippen LogP contribution in [0.25, 0.3) is 0 Å². The Morgan fingerprint density at radius 3 is 2.38 bits per heavy atom. The van der Waals surface area contributed by atoms with E-state index in [1.807, 2.05) is 22.6 Å². The number of hydrogen-bond acceptors (Lipinski definition) is 4. The van der Waals surface area contributed by atoms with E-state index >= 15 is 0 Å². The standard InChI is InChI=1S/C10H18INO4/c1-7(8(13)15-6-11)5-12-9(14)16-10(2,3)4/h7H,5-6H2,1-4H3,(H,12,14). The Balaban J connectivity index is 3.88. The molecule has 94 valence electrons. The third kappa shape index (κ3) is 7.72. The fraction of sp³-hybridized carbons (Fsp3) is 0.800. The Morgan fingerprint density at radius 2 is 1.94 bits per heavy atom. The molecule has 0 bridgehead atoms. The summed E-state index contributed by atoms with van der Waals surface area (Å²) in [7, 11) is 0. The second-order valence-corrected chi connectivity index (χ2v) is 4.98. The first-order chi connectivity index (χ1) is 7.26. The summed E-state index contributed by atoms with van der Waals surface area (Å²) in [5.41, 5.74) is -0.532. The van der Waals surface area contributed by atoms with Gasteiger partial charge in [0, 0.05) is 6.54 Å². The van der Waals surface area contributed by atoms with Gasteiger partial charge in [-0.25, -0.2) is 4.79 Å². The van der Waals surface area contributed by atoms with Crippen LogP contribution in [0.2, 0.25) is 0 Å². The van der Waals surface area contributed by atoms with Crippen LogP contribution in [0, 0.1) is 5.92 Å². The van der Waals surface area contributed by atoms with Gasteiger partial charge < -0.3 is 14.8 Å². The molecule has 0 aliphatic rings. The molecule has 0 spiro atoms. The Morgan fingerprint density at radius 1 is 1.38 bits per heavy atom. The van der Waals surface area contributed by atoms with Crippen molar-refractivity contribution in [3.05, 3.63) is 0 Å². The largest absolute Gasteiger partial charge is 0.455 e. The number of rotatable bonds is 4. The summed E-state index contributed by atoms with van der Waals surface area (Å²) in [5.74, 6) is -0.701. The minimum atomic E-state index is -0.532. The molecular weight excluding hydrogens is 325 g/mol. The fourth-order valence-corrected chi connectivity index (χ4v) is 1.14. The number of nitrogens with one attached hydrogen (secondary N) is 1. The normalized spacial score (nSPS) is 12.8. The number of halogens is 1. The second-order valence-electron chi connectivity index (χ2n) is 4.36. The van der Waals surface area contributed by atoms with Gasteiger partial charge in [-0.1, -0.05) is 6.92 Å². The lowest BCUT2D eigenvalue weighted by molar-refractivity contribution is -0.144. The van der Waals surface area contributed by atoms with Gasteiger partial charge in [-0.3, -0.25) is 4.79 Å². The molecule has 0 rings (SSSR count). The van der Waals surface area contributed by atoms with Crippen molar-refractivity contribution >= 4 is 34.7 Å². The van der Waals surface area contributed by atoms with E-state index < -0.39 is 11.7 Å². The zero-order valence-corrected chi connectivity index (χ0v) is 12.2. The van der Waals surface area contributed by atoms with Gasteiger partial charge in [0.25, 0.3) is 0 Å². The highest BCUT2D eigenvalue weighted by Crippen LogP contribution is 2.06. The van der Waals surface area contributed by atoms with Crippen LogP contribution in [0.5, 0.6) is 0 Å². The number of carbonyl (C=O) groups is 2. The Hall–Kier alpha value is -0.530. The summed E-state index contributed by atoms with van der Waals surface area (Å²) in [6.45, 7) is 7.23. The van der Waals surface area contributed by atoms with Crippen LogP contribution in [-0.4, -0.2) is 28.8 Å². The van der Waals surface area contributed by atoms with Crippen LogP contribution in [0.15, 0.2) is 0 Å². The molecule has 0 saturated carbocycles. The molecule has 1 atom stereocenters. The van der Waals surface area contributed by atoms with Crippen molar-refractivity contribution in [3.63, 3.8) is 0 Å². The average molecular weight is 343 g/mol. The summed E-state index contributed by atoms with van der Waals surface area (Å²) in [5, 5.41) is 2.51. The molecule has 0 fully saturated rings. The lowest BCUT2D eigenvalue weighted by Crippen LogP contribution is -2.36. The zero-order chi connectivity index (χ0) is 12.8. The molecule has 5 nitrogen and oxygen atoms in total. The molecule has 1 N–H and O–H groups in total. The molecule has 1 unspecified atom stereocenters. The van der Waals surface area contributed by atoms with E-state index in [2.05, 4.69) is 5.32 Å². The van der Waals surface area contributed by atoms with Gasteiger partial charge in [-0.05, 0) is 43.4 Å². The van der Waals surface area contributed by atoms with Crippen molar-refractivity contribution < 1.29 is 19.1 Å². The molecular formula is C10H18INO4. The molecule has 0 radical (unpaired) electrons. The van der Waals surface area contributed by atoms with Gasteiger partial charge in [-0.15, -0.1) is 0 Å². The van der Waals surface area contributed by atoms with E-state index in [1.165, 1.54) is 0 Å². The first-order valence-electron chi connectivity index (χ1n) is 4.95. The average Bonchev–Trinajstić information content (AvgIpc) is 2.11. The van der Waals surface area contributed by atoms with E-state index in [1.54, 1.807) is 27.7 Å². The minimum absolute atomic E-state index is 0.213. The Bertz CT molecular complexity index is 250. The number of hydrogen-bond donors (Lipinski definition) is 1. The molecule has 0 heterocycles. The van der Waals surface area contributed by atoms with Crippen molar-refractivity contribution in [2.24, 2.45) is 5.92 Å². The SMILES string of the molecule is CC(CNC(=O)OC(C)(C)C)C(=O)OCI. The van der Waals surface area contributed by atoms with Crippen molar-refractivity contribution in [3.8, 4) is 0 Å². The van der Waals surface area contributed by atoms with E-state index in [0.29, 0.717) is 4.61 Å². The first-order valence-corrected chi connectivity index (χ1v) is 6.48. The van der Waals surface area contributed by atoms with Gasteiger partial charge in [0.15, 0.2) is 0 Å². The minimum Gasteiger partial charge on any atom is -0.455 e. The van der Waals surface area contributed by atoms with Crippen LogP contribution >= 0.6 is 22.6 Å². The van der Waals surface area contributed by atoms with Crippen molar-refractivity contribution in [1.29, 1.82) is 0 Å². The number of amides is 1. The van der Waals surface area contributed by atoms with E-state index in [9.17, 15) is 9.59 Å². The Labute approximate surface area is 109 Å². The lowest BCUT2D eigenvalue weighted by Gasteiger charge is -2.20. The van der Waals surface area contributed by atoms with E-state index in [4.69, 9.17) is 9.47 Å². The molecule has 0 aromatic rings. The van der Waals surface area contributed by atoms with Gasteiger partial charge in [0.2, 0.25) is 0 Å². The predicted molar refractivity (Wildman–Crippen MR) is 68.4 cm³/mol. The second kappa shape index (κ2) is 6.93. The molecule has 0 saturated heterocycles. The van der Waals surface area contributed by atoms with Crippen LogP contribution < -0.4 is 5.32 Å². The number of alkyl halides is 1. The van der Waals surface area contributed by atoms with Crippen LogP contribution in [0.4, 0.5) is 4.79 Å². The van der Waals surface area contributed by atoms with E-state index in [0.717, 1.165) is 0 Å². The van der Waals surface area contributed by atoms with Gasteiger partial charge in [-0.2, -0.15) is 0 Å². The summed E-state index contributed by atoms with van der Waals surface area (Å²) in [6, 6.07) is 0. The smallest absolute Gasteiger partial charge is 0.407 e. The zero-order valence-electron chi connectivity index (χ0n) is 10.0. The number of ether oxygens (including phenoxy) is 2. The molecule has 0 aromatic carbocycles. The summed E-state index contributed by atoms with van der Waals surface area (Å²) >= 11 is 1.94. The third-order valence-corrected chi connectivity index (χ3v) is 1.86. The van der Waals surface area contributed by atoms with Crippen LogP contribution in [0.1, 0.15) is 27.7 Å². The van der Waals surface area contributed by atoms with Gasteiger partial charge >= 0.3 is 12.1 Å². The molecule has 0 aliphatic carbocycles. The topological polar surface area (TPSA) is 64.6 Å². The third-order valence-electron chi connectivity index (χ3n) is 1.55. The molecule has 16 heavy (non-hydrogen) atoms. The molecule has 6 heteroatoms. The lowest BCUT2D eigenvalue weighted by atomic mass is 10.2. The quantitative estimate of drug-likeness (QED) is 0.482. The van der Waals surface area contributed by atoms with Crippen molar-refractivity contribution in [2.75, 3.05) is 11.2 Å². The highest BCUT2D eigenvalue weighted by Gasteiger charge is 2.19. The Kier molecular flexibility index (Phi) is 6.70.